The van der Waals surface area contributed by atoms with Crippen LogP contribution in [0.4, 0.5) is 0 Å². The van der Waals surface area contributed by atoms with Crippen LogP contribution in [0.1, 0.15) is 26.2 Å². The van der Waals surface area contributed by atoms with E-state index in [1.54, 1.807) is 0 Å². The van der Waals surface area contributed by atoms with Crippen molar-refractivity contribution < 1.29 is 19.8 Å². The molecular weight excluding hydrogens is 186 g/mol. The highest BCUT2D eigenvalue weighted by molar-refractivity contribution is 5.84. The molecule has 0 heterocycles. The van der Waals surface area contributed by atoms with Gasteiger partial charge >= 0.3 is 5.97 Å². The maximum atomic E-state index is 11.4. The summed E-state index contributed by atoms with van der Waals surface area (Å²) in [6.45, 7) is 1.42. The summed E-state index contributed by atoms with van der Waals surface area (Å²) in [7, 11) is 0. The van der Waals surface area contributed by atoms with E-state index in [2.05, 4.69) is 5.32 Å². The summed E-state index contributed by atoms with van der Waals surface area (Å²) in [5, 5.41) is 20.1. The zero-order chi connectivity index (χ0) is 10.7. The number of amides is 1. The molecule has 1 rings (SSSR count). The van der Waals surface area contributed by atoms with Gasteiger partial charge in [-0.2, -0.15) is 0 Å². The van der Waals surface area contributed by atoms with Crippen molar-refractivity contribution in [2.75, 3.05) is 0 Å². The van der Waals surface area contributed by atoms with Crippen LogP contribution in [0.25, 0.3) is 0 Å². The van der Waals surface area contributed by atoms with E-state index in [1.807, 2.05) is 0 Å². The fraction of sp³-hybridized carbons (Fsp3) is 0.778. The zero-order valence-corrected chi connectivity index (χ0v) is 8.06. The smallest absolute Gasteiger partial charge is 0.325 e. The van der Waals surface area contributed by atoms with Gasteiger partial charge in [0.2, 0.25) is 5.91 Å². The van der Waals surface area contributed by atoms with Gasteiger partial charge in [0.15, 0.2) is 0 Å². The van der Waals surface area contributed by atoms with Crippen LogP contribution >= 0.6 is 0 Å². The van der Waals surface area contributed by atoms with Crippen LogP contribution in [0.3, 0.4) is 0 Å². The van der Waals surface area contributed by atoms with Crippen LogP contribution in [-0.2, 0) is 9.59 Å². The molecule has 0 radical (unpaired) electrons. The van der Waals surface area contributed by atoms with E-state index < -0.39 is 18.1 Å². The second kappa shape index (κ2) is 4.41. The molecule has 3 N–H and O–H groups in total. The molecule has 1 aliphatic carbocycles. The summed E-state index contributed by atoms with van der Waals surface area (Å²) >= 11 is 0. The summed E-state index contributed by atoms with van der Waals surface area (Å²) in [6.07, 6.45) is 1.29. The van der Waals surface area contributed by atoms with Gasteiger partial charge in [-0.05, 0) is 26.2 Å². The SMILES string of the molecule is C[C@@H](NC(=O)[C@@H]1CC[C@H](O)C1)C(=O)O. The second-order valence-electron chi connectivity index (χ2n) is 3.73. The molecule has 1 fully saturated rings. The molecule has 5 nitrogen and oxygen atoms in total. The fourth-order valence-electron chi connectivity index (χ4n) is 1.59. The zero-order valence-electron chi connectivity index (χ0n) is 8.06. The largest absolute Gasteiger partial charge is 0.480 e. The van der Waals surface area contributed by atoms with E-state index in [9.17, 15) is 14.7 Å². The summed E-state index contributed by atoms with van der Waals surface area (Å²) in [4.78, 5) is 21.9. The molecule has 0 aliphatic heterocycles. The number of aliphatic carboxylic acids is 1. The maximum Gasteiger partial charge on any atom is 0.325 e. The number of carboxylic acids is 1. The number of nitrogens with one attached hydrogen (secondary N) is 1. The predicted octanol–water partition coefficient (Wildman–Crippen LogP) is -0.263. The lowest BCUT2D eigenvalue weighted by molar-refractivity contribution is -0.141. The number of hydrogen-bond donors (Lipinski definition) is 3. The van der Waals surface area contributed by atoms with Crippen LogP contribution in [0, 0.1) is 5.92 Å². The second-order valence-corrected chi connectivity index (χ2v) is 3.73. The number of aliphatic hydroxyl groups excluding tert-OH is 1. The molecule has 0 spiro atoms. The minimum absolute atomic E-state index is 0.230. The number of aliphatic hydroxyl groups is 1. The third kappa shape index (κ3) is 2.70. The average Bonchev–Trinajstić information content (AvgIpc) is 2.51. The molecule has 80 valence electrons. The number of carbonyl (C=O) groups excluding carboxylic acids is 1. The molecule has 0 aromatic carbocycles. The van der Waals surface area contributed by atoms with Gasteiger partial charge in [-0.1, -0.05) is 0 Å². The summed E-state index contributed by atoms with van der Waals surface area (Å²) in [5.41, 5.74) is 0. The molecule has 0 aromatic rings. The van der Waals surface area contributed by atoms with Crippen molar-refractivity contribution >= 4 is 11.9 Å². The van der Waals surface area contributed by atoms with E-state index in [4.69, 9.17) is 5.11 Å². The average molecular weight is 201 g/mol. The van der Waals surface area contributed by atoms with Crippen molar-refractivity contribution in [2.45, 2.75) is 38.3 Å². The third-order valence-corrected chi connectivity index (χ3v) is 2.50. The molecule has 1 aliphatic rings. The summed E-state index contributed by atoms with van der Waals surface area (Å²) < 4.78 is 0. The van der Waals surface area contributed by atoms with Gasteiger partial charge in [0.25, 0.3) is 0 Å². The first-order valence-corrected chi connectivity index (χ1v) is 4.72. The van der Waals surface area contributed by atoms with E-state index in [0.29, 0.717) is 19.3 Å². The van der Waals surface area contributed by atoms with Gasteiger partial charge in [-0.25, -0.2) is 0 Å². The highest BCUT2D eigenvalue weighted by Crippen LogP contribution is 2.25. The molecule has 0 unspecified atom stereocenters. The monoisotopic (exact) mass is 201 g/mol. The lowest BCUT2D eigenvalue weighted by atomic mass is 10.1. The third-order valence-electron chi connectivity index (χ3n) is 2.50. The standard InChI is InChI=1S/C9H15NO4/c1-5(9(13)14)10-8(12)6-2-3-7(11)4-6/h5-7,11H,2-4H2,1H3,(H,10,12)(H,13,14)/t5-,6-,7+/m1/s1. The molecule has 1 saturated carbocycles. The van der Waals surface area contributed by atoms with Crippen molar-refractivity contribution in [3.05, 3.63) is 0 Å². The van der Waals surface area contributed by atoms with Crippen LogP contribution < -0.4 is 5.32 Å². The molecule has 1 amide bonds. The van der Waals surface area contributed by atoms with Crippen LogP contribution in [0.15, 0.2) is 0 Å². The van der Waals surface area contributed by atoms with Crippen LogP contribution in [0.2, 0.25) is 0 Å². The van der Waals surface area contributed by atoms with Crippen LogP contribution in [-0.4, -0.2) is 34.2 Å². The first-order chi connectivity index (χ1) is 6.50. The van der Waals surface area contributed by atoms with Crippen molar-refractivity contribution in [1.82, 2.24) is 5.32 Å². The van der Waals surface area contributed by atoms with E-state index in [1.165, 1.54) is 6.92 Å². The predicted molar refractivity (Wildman–Crippen MR) is 48.6 cm³/mol. The van der Waals surface area contributed by atoms with Gasteiger partial charge in [-0.15, -0.1) is 0 Å². The normalized spacial score (nSPS) is 28.4. The first-order valence-electron chi connectivity index (χ1n) is 4.72. The Hall–Kier alpha value is -1.10. The number of hydrogen-bond acceptors (Lipinski definition) is 3. The van der Waals surface area contributed by atoms with Gasteiger partial charge in [-0.3, -0.25) is 9.59 Å². The summed E-state index contributed by atoms with van der Waals surface area (Å²) in [5.74, 6) is -1.54. The van der Waals surface area contributed by atoms with Gasteiger partial charge < -0.3 is 15.5 Å². The Bertz CT molecular complexity index is 241. The highest BCUT2D eigenvalue weighted by Gasteiger charge is 2.29. The molecule has 14 heavy (non-hydrogen) atoms. The van der Waals surface area contributed by atoms with Gasteiger partial charge in [0.1, 0.15) is 6.04 Å². The Balaban J connectivity index is 2.39. The molecule has 0 saturated heterocycles. The van der Waals surface area contributed by atoms with Crippen molar-refractivity contribution in [1.29, 1.82) is 0 Å². The fourth-order valence-corrected chi connectivity index (χ4v) is 1.59. The van der Waals surface area contributed by atoms with Crippen LogP contribution in [0.5, 0.6) is 0 Å². The minimum Gasteiger partial charge on any atom is -0.480 e. The molecule has 5 heteroatoms. The molecular formula is C9H15NO4. The maximum absolute atomic E-state index is 11.4. The number of carbonyl (C=O) groups is 2. The Labute approximate surface area is 82.1 Å². The Kier molecular flexibility index (Phi) is 3.46. The molecule has 0 aromatic heterocycles. The topological polar surface area (TPSA) is 86.6 Å². The molecule has 3 atom stereocenters. The van der Waals surface area contributed by atoms with E-state index >= 15 is 0 Å². The molecule has 0 bridgehead atoms. The number of carboxylic acid groups (broad SMARTS) is 1. The lowest BCUT2D eigenvalue weighted by Crippen LogP contribution is -2.41. The quantitative estimate of drug-likeness (QED) is 0.587. The van der Waals surface area contributed by atoms with E-state index in [0.717, 1.165) is 0 Å². The Morgan fingerprint density at radius 2 is 2.07 bits per heavy atom. The van der Waals surface area contributed by atoms with Gasteiger partial charge in [0.05, 0.1) is 6.10 Å². The summed E-state index contributed by atoms with van der Waals surface area (Å²) in [6, 6.07) is -0.861. The van der Waals surface area contributed by atoms with Gasteiger partial charge in [0, 0.05) is 5.92 Å². The van der Waals surface area contributed by atoms with E-state index in [-0.39, 0.29) is 11.8 Å². The lowest BCUT2D eigenvalue weighted by Gasteiger charge is -2.13. The van der Waals surface area contributed by atoms with Crippen molar-refractivity contribution in [3.63, 3.8) is 0 Å². The Morgan fingerprint density at radius 3 is 2.50 bits per heavy atom. The Morgan fingerprint density at radius 1 is 1.43 bits per heavy atom. The number of rotatable bonds is 3. The minimum atomic E-state index is -1.04. The van der Waals surface area contributed by atoms with Crippen molar-refractivity contribution in [3.8, 4) is 0 Å². The first kappa shape index (κ1) is 11.0. The highest BCUT2D eigenvalue weighted by atomic mass is 16.4. The van der Waals surface area contributed by atoms with Crippen molar-refractivity contribution in [2.24, 2.45) is 5.92 Å².